The molecule has 1 atom stereocenters. The summed E-state index contributed by atoms with van der Waals surface area (Å²) in [6.45, 7) is 4.76. The second-order valence-corrected chi connectivity index (χ2v) is 6.96. The molecule has 1 unspecified atom stereocenters. The minimum absolute atomic E-state index is 0.160. The molecule has 0 bridgehead atoms. The van der Waals surface area contributed by atoms with Crippen LogP contribution in [0.15, 0.2) is 53.1 Å². The summed E-state index contributed by atoms with van der Waals surface area (Å²) in [6, 6.07) is 15.4. The van der Waals surface area contributed by atoms with E-state index in [-0.39, 0.29) is 6.04 Å². The summed E-state index contributed by atoms with van der Waals surface area (Å²) in [4.78, 5) is 0. The molecule has 0 saturated heterocycles. The fourth-order valence-corrected chi connectivity index (χ4v) is 3.25. The molecule has 1 N–H and O–H groups in total. The van der Waals surface area contributed by atoms with Crippen LogP contribution in [0, 0.1) is 5.41 Å². The largest absolute Gasteiger partial charge is 0.467 e. The Kier molecular flexibility index (Phi) is 4.16. The summed E-state index contributed by atoms with van der Waals surface area (Å²) in [5.41, 5.74) is 1.78. The van der Waals surface area contributed by atoms with Crippen LogP contribution < -0.4 is 5.32 Å². The van der Waals surface area contributed by atoms with Crippen LogP contribution in [0.2, 0.25) is 0 Å². The molecule has 3 rings (SSSR count). The SMILES string of the molecule is CC1(C)CCC(NC(c2ccccc2)c2ccco2)CC1. The number of hydrogen-bond acceptors (Lipinski definition) is 2. The van der Waals surface area contributed by atoms with E-state index in [0.717, 1.165) is 5.76 Å². The smallest absolute Gasteiger partial charge is 0.125 e. The predicted octanol–water partition coefficient (Wildman–Crippen LogP) is 4.93. The minimum Gasteiger partial charge on any atom is -0.467 e. The molecule has 2 aromatic rings. The highest BCUT2D eigenvalue weighted by Gasteiger charge is 2.29. The molecular formula is C19H25NO. The van der Waals surface area contributed by atoms with Crippen molar-refractivity contribution in [3.8, 4) is 0 Å². The van der Waals surface area contributed by atoms with Crippen LogP contribution in [0.5, 0.6) is 0 Å². The second kappa shape index (κ2) is 6.07. The highest BCUT2D eigenvalue weighted by molar-refractivity contribution is 5.26. The van der Waals surface area contributed by atoms with Gasteiger partial charge in [0.05, 0.1) is 12.3 Å². The van der Waals surface area contributed by atoms with Gasteiger partial charge in [0.25, 0.3) is 0 Å². The Hall–Kier alpha value is -1.54. The standard InChI is InChI=1S/C19H25NO/c1-19(2)12-10-16(11-13-19)20-18(17-9-6-14-21-17)15-7-4-3-5-8-15/h3-9,14,16,18,20H,10-13H2,1-2H3. The van der Waals surface area contributed by atoms with Crippen molar-refractivity contribution in [2.45, 2.75) is 51.6 Å². The second-order valence-electron chi connectivity index (χ2n) is 6.96. The highest BCUT2D eigenvalue weighted by Crippen LogP contribution is 2.36. The molecule has 0 radical (unpaired) electrons. The van der Waals surface area contributed by atoms with Crippen LogP contribution in [-0.4, -0.2) is 6.04 Å². The van der Waals surface area contributed by atoms with Crippen molar-refractivity contribution in [3.63, 3.8) is 0 Å². The fraction of sp³-hybridized carbons (Fsp3) is 0.474. The van der Waals surface area contributed by atoms with Gasteiger partial charge in [-0.05, 0) is 48.8 Å². The summed E-state index contributed by atoms with van der Waals surface area (Å²) >= 11 is 0. The maximum absolute atomic E-state index is 5.67. The average molecular weight is 283 g/mol. The molecular weight excluding hydrogens is 258 g/mol. The zero-order valence-corrected chi connectivity index (χ0v) is 13.0. The van der Waals surface area contributed by atoms with Crippen molar-refractivity contribution in [1.29, 1.82) is 0 Å². The molecule has 2 heteroatoms. The highest BCUT2D eigenvalue weighted by atomic mass is 16.3. The predicted molar refractivity (Wildman–Crippen MR) is 86.2 cm³/mol. The van der Waals surface area contributed by atoms with Crippen molar-refractivity contribution in [2.24, 2.45) is 5.41 Å². The number of furan rings is 1. The third kappa shape index (κ3) is 3.56. The van der Waals surface area contributed by atoms with Gasteiger partial charge in [-0.2, -0.15) is 0 Å². The molecule has 1 aliphatic rings. The lowest BCUT2D eigenvalue weighted by Crippen LogP contribution is -2.38. The van der Waals surface area contributed by atoms with Crippen LogP contribution >= 0.6 is 0 Å². The third-order valence-corrected chi connectivity index (χ3v) is 4.70. The summed E-state index contributed by atoms with van der Waals surface area (Å²) in [5.74, 6) is 1.01. The van der Waals surface area contributed by atoms with Gasteiger partial charge in [0.2, 0.25) is 0 Å². The maximum atomic E-state index is 5.67. The van der Waals surface area contributed by atoms with Crippen molar-refractivity contribution in [1.82, 2.24) is 5.32 Å². The summed E-state index contributed by atoms with van der Waals surface area (Å²) in [7, 11) is 0. The fourth-order valence-electron chi connectivity index (χ4n) is 3.25. The van der Waals surface area contributed by atoms with E-state index < -0.39 is 0 Å². The van der Waals surface area contributed by atoms with Gasteiger partial charge in [0, 0.05) is 6.04 Å². The van der Waals surface area contributed by atoms with Gasteiger partial charge in [0.15, 0.2) is 0 Å². The van der Waals surface area contributed by atoms with E-state index >= 15 is 0 Å². The first-order valence-corrected chi connectivity index (χ1v) is 7.98. The number of nitrogens with one attached hydrogen (secondary N) is 1. The van der Waals surface area contributed by atoms with Crippen molar-refractivity contribution >= 4 is 0 Å². The molecule has 21 heavy (non-hydrogen) atoms. The minimum atomic E-state index is 0.160. The molecule has 0 amide bonds. The van der Waals surface area contributed by atoms with Gasteiger partial charge in [-0.1, -0.05) is 44.2 Å². The van der Waals surface area contributed by atoms with E-state index in [1.54, 1.807) is 6.26 Å². The molecule has 0 aliphatic heterocycles. The van der Waals surface area contributed by atoms with Gasteiger partial charge in [-0.15, -0.1) is 0 Å². The van der Waals surface area contributed by atoms with Gasteiger partial charge in [-0.25, -0.2) is 0 Å². The number of benzene rings is 1. The van der Waals surface area contributed by atoms with E-state index in [9.17, 15) is 0 Å². The maximum Gasteiger partial charge on any atom is 0.125 e. The lowest BCUT2D eigenvalue weighted by molar-refractivity contribution is 0.199. The van der Waals surface area contributed by atoms with E-state index in [0.29, 0.717) is 11.5 Å². The first kappa shape index (κ1) is 14.4. The lowest BCUT2D eigenvalue weighted by atomic mass is 9.75. The van der Waals surface area contributed by atoms with E-state index in [2.05, 4.69) is 55.6 Å². The van der Waals surface area contributed by atoms with E-state index in [1.807, 2.05) is 6.07 Å². The third-order valence-electron chi connectivity index (χ3n) is 4.70. The van der Waals surface area contributed by atoms with Crippen LogP contribution in [0.25, 0.3) is 0 Å². The number of rotatable bonds is 4. The number of hydrogen-bond donors (Lipinski definition) is 1. The molecule has 112 valence electrons. The van der Waals surface area contributed by atoms with Gasteiger partial charge in [0.1, 0.15) is 5.76 Å². The van der Waals surface area contributed by atoms with E-state index in [4.69, 9.17) is 4.42 Å². The molecule has 0 spiro atoms. The molecule has 1 aromatic heterocycles. The Balaban J connectivity index is 1.75. The molecule has 2 nitrogen and oxygen atoms in total. The first-order valence-electron chi connectivity index (χ1n) is 7.98. The van der Waals surface area contributed by atoms with Crippen LogP contribution in [0.3, 0.4) is 0 Å². The Morgan fingerprint density at radius 3 is 2.38 bits per heavy atom. The first-order chi connectivity index (χ1) is 10.1. The summed E-state index contributed by atoms with van der Waals surface area (Å²) < 4.78 is 5.67. The van der Waals surface area contributed by atoms with Gasteiger partial charge < -0.3 is 9.73 Å². The molecule has 1 fully saturated rings. The molecule has 1 heterocycles. The van der Waals surface area contributed by atoms with Crippen LogP contribution in [-0.2, 0) is 0 Å². The van der Waals surface area contributed by atoms with Crippen molar-refractivity contribution in [2.75, 3.05) is 0 Å². The van der Waals surface area contributed by atoms with Crippen LogP contribution in [0.4, 0.5) is 0 Å². The normalized spacial score (nSPS) is 20.3. The molecule has 1 aliphatic carbocycles. The monoisotopic (exact) mass is 283 g/mol. The Morgan fingerprint density at radius 1 is 1.05 bits per heavy atom. The lowest BCUT2D eigenvalue weighted by Gasteiger charge is -2.36. The zero-order chi connectivity index (χ0) is 14.7. The Morgan fingerprint density at radius 2 is 1.76 bits per heavy atom. The van der Waals surface area contributed by atoms with E-state index in [1.165, 1.54) is 31.2 Å². The average Bonchev–Trinajstić information content (AvgIpc) is 3.01. The van der Waals surface area contributed by atoms with Crippen molar-refractivity contribution < 1.29 is 4.42 Å². The summed E-state index contributed by atoms with van der Waals surface area (Å²) in [5, 5.41) is 3.82. The van der Waals surface area contributed by atoms with Gasteiger partial charge in [-0.3, -0.25) is 0 Å². The van der Waals surface area contributed by atoms with Crippen molar-refractivity contribution in [3.05, 3.63) is 60.1 Å². The summed E-state index contributed by atoms with van der Waals surface area (Å²) in [6.07, 6.45) is 6.85. The Bertz CT molecular complexity index is 534. The molecule has 1 saturated carbocycles. The Labute approximate surface area is 127 Å². The quantitative estimate of drug-likeness (QED) is 0.861. The van der Waals surface area contributed by atoms with Gasteiger partial charge >= 0.3 is 0 Å². The zero-order valence-electron chi connectivity index (χ0n) is 13.0. The molecule has 1 aromatic carbocycles. The topological polar surface area (TPSA) is 25.2 Å². The van der Waals surface area contributed by atoms with Crippen LogP contribution in [0.1, 0.15) is 56.9 Å².